The maximum atomic E-state index is 12.7. The van der Waals surface area contributed by atoms with Crippen LogP contribution in [0, 0.1) is 0 Å². The molecule has 0 aromatic carbocycles. The molecule has 1 atom stereocenters. The van der Waals surface area contributed by atoms with Crippen molar-refractivity contribution in [2.24, 2.45) is 0 Å². The van der Waals surface area contributed by atoms with Crippen LogP contribution in [0.1, 0.15) is 194 Å². The zero-order valence-electron chi connectivity index (χ0n) is 38.4. The summed E-state index contributed by atoms with van der Waals surface area (Å²) < 4.78 is 16.6. The minimum Gasteiger partial charge on any atom is -0.462 e. The molecule has 6 heteroatoms. The third-order valence-electron chi connectivity index (χ3n) is 9.49. The number of allylic oxidation sites excluding steroid dienone is 18. The largest absolute Gasteiger partial charge is 0.462 e. The van der Waals surface area contributed by atoms with Gasteiger partial charge in [0.2, 0.25) is 0 Å². The number of rotatable bonds is 41. The molecule has 338 valence electrons. The van der Waals surface area contributed by atoms with E-state index in [1.807, 2.05) is 12.2 Å². The number of esters is 3. The van der Waals surface area contributed by atoms with Gasteiger partial charge in [0.15, 0.2) is 6.10 Å². The predicted octanol–water partition coefficient (Wildman–Crippen LogP) is 15.6. The lowest BCUT2D eigenvalue weighted by atomic mass is 10.1. The molecule has 0 saturated heterocycles. The summed E-state index contributed by atoms with van der Waals surface area (Å²) in [6.45, 7) is 6.24. The Morgan fingerprint density at radius 3 is 1.10 bits per heavy atom. The van der Waals surface area contributed by atoms with E-state index in [1.54, 1.807) is 0 Å². The molecule has 1 unspecified atom stereocenters. The maximum absolute atomic E-state index is 12.7. The molecule has 0 radical (unpaired) electrons. The van der Waals surface area contributed by atoms with Crippen LogP contribution in [0.5, 0.6) is 0 Å². The van der Waals surface area contributed by atoms with Crippen LogP contribution >= 0.6 is 0 Å². The molecule has 60 heavy (non-hydrogen) atoms. The van der Waals surface area contributed by atoms with Crippen molar-refractivity contribution in [1.29, 1.82) is 0 Å². The summed E-state index contributed by atoms with van der Waals surface area (Å²) in [5.74, 6) is -1.04. The van der Waals surface area contributed by atoms with Gasteiger partial charge in [0, 0.05) is 19.3 Å². The van der Waals surface area contributed by atoms with E-state index in [-0.39, 0.29) is 31.6 Å². The normalized spacial score (nSPS) is 13.1. The summed E-state index contributed by atoms with van der Waals surface area (Å²) in [6.07, 6.45) is 63.7. The van der Waals surface area contributed by atoms with Gasteiger partial charge in [-0.25, -0.2) is 0 Å². The molecular weight excluding hydrogens is 745 g/mol. The minimum absolute atomic E-state index is 0.118. The minimum atomic E-state index is -0.825. The van der Waals surface area contributed by atoms with Gasteiger partial charge in [-0.3, -0.25) is 14.4 Å². The van der Waals surface area contributed by atoms with E-state index in [0.29, 0.717) is 19.3 Å². The van der Waals surface area contributed by atoms with Crippen molar-refractivity contribution in [2.75, 3.05) is 13.2 Å². The average Bonchev–Trinajstić information content (AvgIpc) is 3.24. The van der Waals surface area contributed by atoms with Crippen LogP contribution in [-0.2, 0) is 28.6 Å². The summed E-state index contributed by atoms with van der Waals surface area (Å²) in [4.78, 5) is 37.8. The molecule has 0 heterocycles. The van der Waals surface area contributed by atoms with Crippen molar-refractivity contribution < 1.29 is 28.6 Å². The molecule has 0 N–H and O–H groups in total. The highest BCUT2D eigenvalue weighted by atomic mass is 16.6. The standard InChI is InChI=1S/C54H86O6/c1-4-7-10-13-16-19-22-24-25-26-27-28-29-31-32-35-38-41-44-47-53(56)59-50-51(49-58-52(55)46-43-40-37-34-21-18-15-12-9-6-3)60-54(57)48-45-42-39-36-33-30-23-20-17-14-11-8-5-2/h7-8,10-12,15-17,19-20,24-25,27-28,30,33,39,42,51H,4-6,9,13-14,18,21-23,26,29,31-32,34-38,40-41,43-50H2,1-3H3/b10-7-,11-8-,15-12-,19-16-,20-17-,25-24-,28-27-,33-30-,42-39-. The lowest BCUT2D eigenvalue weighted by molar-refractivity contribution is -0.166. The summed E-state index contributed by atoms with van der Waals surface area (Å²) >= 11 is 0. The second kappa shape index (κ2) is 47.7. The Morgan fingerprint density at radius 1 is 0.350 bits per heavy atom. The fraction of sp³-hybridized carbons (Fsp3) is 0.611. The quantitative estimate of drug-likeness (QED) is 0.0264. The van der Waals surface area contributed by atoms with Crippen molar-refractivity contribution in [3.05, 3.63) is 109 Å². The molecule has 0 bridgehead atoms. The second-order valence-corrected chi connectivity index (χ2v) is 15.2. The van der Waals surface area contributed by atoms with Crippen LogP contribution in [0.2, 0.25) is 0 Å². The van der Waals surface area contributed by atoms with Gasteiger partial charge in [0.1, 0.15) is 13.2 Å². The zero-order valence-corrected chi connectivity index (χ0v) is 38.4. The Kier molecular flexibility index (Phi) is 44.6. The Labute approximate surface area is 368 Å². The first-order chi connectivity index (χ1) is 29.5. The third-order valence-corrected chi connectivity index (χ3v) is 9.49. The van der Waals surface area contributed by atoms with Crippen LogP contribution < -0.4 is 0 Å². The summed E-state index contributed by atoms with van der Waals surface area (Å²) in [5.41, 5.74) is 0. The highest BCUT2D eigenvalue weighted by Gasteiger charge is 2.19. The van der Waals surface area contributed by atoms with E-state index < -0.39 is 12.1 Å². The average molecular weight is 831 g/mol. The third kappa shape index (κ3) is 45.2. The fourth-order valence-corrected chi connectivity index (χ4v) is 5.98. The molecule has 0 aliphatic heterocycles. The topological polar surface area (TPSA) is 78.9 Å². The molecule has 0 aromatic rings. The maximum Gasteiger partial charge on any atom is 0.306 e. The Bertz CT molecular complexity index is 1280. The smallest absolute Gasteiger partial charge is 0.306 e. The van der Waals surface area contributed by atoms with Crippen LogP contribution in [0.4, 0.5) is 0 Å². The SMILES string of the molecule is CC/C=C\C/C=C\C/C=C\C/C=C\CCCCCCCCC(=O)OCC(COC(=O)CCCCCCC/C=C\CCC)OC(=O)CC/C=C\C/C=C\C/C=C\C/C=C\CC. The van der Waals surface area contributed by atoms with Crippen molar-refractivity contribution in [2.45, 2.75) is 200 Å². The van der Waals surface area contributed by atoms with Crippen LogP contribution in [0.15, 0.2) is 109 Å². The van der Waals surface area contributed by atoms with Crippen LogP contribution in [0.25, 0.3) is 0 Å². The van der Waals surface area contributed by atoms with Gasteiger partial charge < -0.3 is 14.2 Å². The predicted molar refractivity (Wildman–Crippen MR) is 256 cm³/mol. The van der Waals surface area contributed by atoms with Crippen molar-refractivity contribution in [1.82, 2.24) is 0 Å². The summed E-state index contributed by atoms with van der Waals surface area (Å²) in [5, 5.41) is 0. The summed E-state index contributed by atoms with van der Waals surface area (Å²) in [7, 11) is 0. The van der Waals surface area contributed by atoms with Gasteiger partial charge in [0.25, 0.3) is 0 Å². The zero-order chi connectivity index (χ0) is 43.7. The van der Waals surface area contributed by atoms with Gasteiger partial charge >= 0.3 is 17.9 Å². The fourth-order valence-electron chi connectivity index (χ4n) is 5.98. The molecule has 0 fully saturated rings. The van der Waals surface area contributed by atoms with E-state index in [1.165, 1.54) is 25.7 Å². The molecular formula is C54H86O6. The second-order valence-electron chi connectivity index (χ2n) is 15.2. The Morgan fingerprint density at radius 2 is 0.683 bits per heavy atom. The van der Waals surface area contributed by atoms with Gasteiger partial charge in [-0.1, -0.05) is 182 Å². The van der Waals surface area contributed by atoms with Crippen molar-refractivity contribution in [3.63, 3.8) is 0 Å². The Balaban J connectivity index is 4.47. The van der Waals surface area contributed by atoms with Crippen LogP contribution in [-0.4, -0.2) is 37.2 Å². The molecule has 0 rings (SSSR count). The van der Waals surface area contributed by atoms with Gasteiger partial charge in [-0.2, -0.15) is 0 Å². The van der Waals surface area contributed by atoms with Crippen molar-refractivity contribution >= 4 is 17.9 Å². The van der Waals surface area contributed by atoms with Gasteiger partial charge in [0.05, 0.1) is 0 Å². The molecule has 6 nitrogen and oxygen atoms in total. The molecule has 0 aromatic heterocycles. The van der Waals surface area contributed by atoms with Gasteiger partial charge in [-0.05, 0) is 103 Å². The lowest BCUT2D eigenvalue weighted by Crippen LogP contribution is -2.30. The molecule has 0 saturated carbocycles. The number of ether oxygens (including phenoxy) is 3. The number of unbranched alkanes of at least 4 members (excludes halogenated alkanes) is 12. The van der Waals surface area contributed by atoms with E-state index in [2.05, 4.69) is 118 Å². The molecule has 0 spiro atoms. The number of hydrogen-bond donors (Lipinski definition) is 0. The van der Waals surface area contributed by atoms with E-state index in [4.69, 9.17) is 14.2 Å². The first kappa shape index (κ1) is 56.1. The highest BCUT2D eigenvalue weighted by molar-refractivity contribution is 5.71. The highest BCUT2D eigenvalue weighted by Crippen LogP contribution is 2.12. The monoisotopic (exact) mass is 831 g/mol. The number of carbonyl (C=O) groups excluding carboxylic acids is 3. The lowest BCUT2D eigenvalue weighted by Gasteiger charge is -2.18. The first-order valence-electron chi connectivity index (χ1n) is 23.9. The summed E-state index contributed by atoms with van der Waals surface area (Å²) in [6, 6.07) is 0. The molecule has 0 aliphatic rings. The number of carbonyl (C=O) groups is 3. The van der Waals surface area contributed by atoms with E-state index in [0.717, 1.165) is 122 Å². The van der Waals surface area contributed by atoms with Crippen LogP contribution in [0.3, 0.4) is 0 Å². The van der Waals surface area contributed by atoms with E-state index in [9.17, 15) is 14.4 Å². The van der Waals surface area contributed by atoms with E-state index >= 15 is 0 Å². The molecule has 0 amide bonds. The first-order valence-corrected chi connectivity index (χ1v) is 23.9. The Hall–Kier alpha value is -3.93. The number of hydrogen-bond acceptors (Lipinski definition) is 6. The van der Waals surface area contributed by atoms with Gasteiger partial charge in [-0.15, -0.1) is 0 Å². The van der Waals surface area contributed by atoms with Crippen molar-refractivity contribution in [3.8, 4) is 0 Å². The molecule has 0 aliphatic carbocycles.